The minimum Gasteiger partial charge on any atom is -0.487 e. The number of nitrogens with zero attached hydrogens (tertiary/aromatic N) is 3. The first kappa shape index (κ1) is 32.1. The molecule has 244 valence electrons. The Bertz CT molecular complexity index is 1660. The summed E-state index contributed by atoms with van der Waals surface area (Å²) in [5.41, 5.74) is 4.93. The lowest BCUT2D eigenvalue weighted by Gasteiger charge is -2.32. The van der Waals surface area contributed by atoms with Crippen LogP contribution in [0.5, 0.6) is 5.75 Å². The molecule has 10 heteroatoms. The fraction of sp³-hybridized carbons (Fsp3) is 0.472. The van der Waals surface area contributed by atoms with Crippen LogP contribution in [0.25, 0.3) is 11.3 Å². The predicted molar refractivity (Wildman–Crippen MR) is 176 cm³/mol. The standard InChI is InChI=1S/C36H42ClN3O6/c1-22-15-23(16-24-13-14-39(19-27(22)24)34(42)46-35(2,3)4)20-45-32-26(9-7-10-28(32)37)29-11-8-12-31(38-29)40-18-25-17-36(25,33(41)44-6)30(40)21-43-5/h7-12,15-16,25,30H,13-14,17-21H2,1-6H3/t25-,30+,36+/m0/s1. The summed E-state index contributed by atoms with van der Waals surface area (Å²) < 4.78 is 22.8. The number of amides is 1. The number of benzene rings is 2. The zero-order chi connectivity index (χ0) is 32.8. The van der Waals surface area contributed by atoms with Crippen molar-refractivity contribution in [3.05, 3.63) is 75.8 Å². The van der Waals surface area contributed by atoms with E-state index in [2.05, 4.69) is 24.0 Å². The Kier molecular flexibility index (Phi) is 8.67. The molecule has 0 spiro atoms. The Labute approximate surface area is 275 Å². The molecule has 1 amide bonds. The Morgan fingerprint density at radius 2 is 1.89 bits per heavy atom. The summed E-state index contributed by atoms with van der Waals surface area (Å²) in [6, 6.07) is 15.7. The van der Waals surface area contributed by atoms with Crippen LogP contribution in [0.3, 0.4) is 0 Å². The molecule has 0 bridgehead atoms. The van der Waals surface area contributed by atoms with Crippen LogP contribution in [0.15, 0.2) is 48.5 Å². The highest BCUT2D eigenvalue weighted by Crippen LogP contribution is 2.62. The van der Waals surface area contributed by atoms with Gasteiger partial charge in [-0.3, -0.25) is 4.79 Å². The number of hydrogen-bond acceptors (Lipinski definition) is 8. The van der Waals surface area contributed by atoms with Crippen LogP contribution in [-0.4, -0.2) is 67.5 Å². The monoisotopic (exact) mass is 647 g/mol. The van der Waals surface area contributed by atoms with E-state index in [0.29, 0.717) is 43.6 Å². The molecule has 1 aromatic heterocycles. The van der Waals surface area contributed by atoms with Crippen LogP contribution >= 0.6 is 11.6 Å². The number of carbonyl (C=O) groups is 2. The first-order chi connectivity index (χ1) is 21.9. The van der Waals surface area contributed by atoms with Crippen molar-refractivity contribution < 1.29 is 28.5 Å². The van der Waals surface area contributed by atoms with E-state index in [1.807, 2.05) is 57.2 Å². The number of aryl methyl sites for hydroxylation is 1. The number of ether oxygens (including phenoxy) is 4. The summed E-state index contributed by atoms with van der Waals surface area (Å²) >= 11 is 6.73. The van der Waals surface area contributed by atoms with Crippen molar-refractivity contribution in [2.75, 3.05) is 38.8 Å². The number of carbonyl (C=O) groups excluding carboxylic acids is 2. The minimum absolute atomic E-state index is 0.156. The van der Waals surface area contributed by atoms with Gasteiger partial charge in [-0.25, -0.2) is 9.78 Å². The van der Waals surface area contributed by atoms with Crippen molar-refractivity contribution in [3.8, 4) is 17.0 Å². The highest BCUT2D eigenvalue weighted by molar-refractivity contribution is 6.32. The van der Waals surface area contributed by atoms with Crippen LogP contribution in [0, 0.1) is 18.3 Å². The van der Waals surface area contributed by atoms with Gasteiger partial charge in [0.15, 0.2) is 0 Å². The summed E-state index contributed by atoms with van der Waals surface area (Å²) in [6.07, 6.45) is 1.27. The van der Waals surface area contributed by atoms with Crippen molar-refractivity contribution in [3.63, 3.8) is 0 Å². The summed E-state index contributed by atoms with van der Waals surface area (Å²) in [5, 5.41) is 0.497. The van der Waals surface area contributed by atoms with E-state index in [4.69, 9.17) is 35.5 Å². The molecule has 1 saturated carbocycles. The number of fused-ring (bicyclic) bond motifs is 2. The lowest BCUT2D eigenvalue weighted by atomic mass is 9.93. The largest absolute Gasteiger partial charge is 0.487 e. The predicted octanol–water partition coefficient (Wildman–Crippen LogP) is 6.60. The molecular formula is C36H42ClN3O6. The number of methoxy groups -OCH3 is 2. The van der Waals surface area contributed by atoms with Crippen LogP contribution in [0.4, 0.5) is 10.6 Å². The van der Waals surface area contributed by atoms with Crippen molar-refractivity contribution in [1.29, 1.82) is 0 Å². The van der Waals surface area contributed by atoms with Gasteiger partial charge in [0.25, 0.3) is 0 Å². The topological polar surface area (TPSA) is 90.4 Å². The number of piperidine rings is 1. The molecule has 46 heavy (non-hydrogen) atoms. The molecule has 3 aliphatic rings. The Hall–Kier alpha value is -3.82. The van der Waals surface area contributed by atoms with Gasteiger partial charge in [-0.05, 0) is 93.0 Å². The maximum Gasteiger partial charge on any atom is 0.410 e. The second kappa shape index (κ2) is 12.4. The smallest absolute Gasteiger partial charge is 0.410 e. The molecule has 6 rings (SSSR count). The highest BCUT2D eigenvalue weighted by Gasteiger charge is 2.71. The van der Waals surface area contributed by atoms with Gasteiger partial charge >= 0.3 is 12.1 Å². The molecule has 3 aromatic rings. The second-order valence-electron chi connectivity index (χ2n) is 13.5. The Morgan fingerprint density at radius 1 is 1.11 bits per heavy atom. The van der Waals surface area contributed by atoms with Gasteiger partial charge < -0.3 is 28.7 Å². The fourth-order valence-electron chi connectivity index (χ4n) is 7.11. The molecule has 0 N–H and O–H groups in total. The second-order valence-corrected chi connectivity index (χ2v) is 14.0. The first-order valence-electron chi connectivity index (χ1n) is 15.8. The molecule has 9 nitrogen and oxygen atoms in total. The SMILES string of the molecule is COC[C@H]1N(c2cccc(-c3cccc(Cl)c3OCc3cc(C)c4c(c3)CCN(C(=O)OC(C)(C)C)C4)n2)C[C@@H]2C[C@@]21C(=O)OC. The van der Waals surface area contributed by atoms with Gasteiger partial charge in [0.05, 0.1) is 35.9 Å². The van der Waals surface area contributed by atoms with Crippen LogP contribution in [0.2, 0.25) is 5.02 Å². The molecule has 2 fully saturated rings. The van der Waals surface area contributed by atoms with E-state index in [-0.39, 0.29) is 24.0 Å². The number of hydrogen-bond donors (Lipinski definition) is 0. The molecule has 0 radical (unpaired) electrons. The van der Waals surface area contributed by atoms with Gasteiger partial charge in [0, 0.05) is 32.3 Å². The number of aromatic nitrogens is 1. The number of para-hydroxylation sites is 1. The quantitative estimate of drug-likeness (QED) is 0.253. The minimum atomic E-state index is -0.548. The van der Waals surface area contributed by atoms with Crippen molar-refractivity contribution in [1.82, 2.24) is 9.88 Å². The van der Waals surface area contributed by atoms with Crippen LogP contribution in [0.1, 0.15) is 49.4 Å². The normalized spacial score (nSPS) is 21.8. The van der Waals surface area contributed by atoms with Crippen molar-refractivity contribution >= 4 is 29.5 Å². The van der Waals surface area contributed by atoms with Gasteiger partial charge in [-0.1, -0.05) is 35.9 Å². The Balaban J connectivity index is 1.21. The average molecular weight is 648 g/mol. The summed E-state index contributed by atoms with van der Waals surface area (Å²) in [7, 11) is 3.10. The maximum absolute atomic E-state index is 12.8. The third kappa shape index (κ3) is 6.02. The molecule has 3 heterocycles. The summed E-state index contributed by atoms with van der Waals surface area (Å²) in [6.45, 7) is 10.3. The summed E-state index contributed by atoms with van der Waals surface area (Å²) in [5.74, 6) is 1.37. The van der Waals surface area contributed by atoms with E-state index in [0.717, 1.165) is 46.6 Å². The molecule has 0 unspecified atom stereocenters. The van der Waals surface area contributed by atoms with E-state index in [1.54, 1.807) is 12.0 Å². The third-order valence-electron chi connectivity index (χ3n) is 9.36. The van der Waals surface area contributed by atoms with Crippen molar-refractivity contribution in [2.45, 2.75) is 65.3 Å². The highest BCUT2D eigenvalue weighted by atomic mass is 35.5. The summed E-state index contributed by atoms with van der Waals surface area (Å²) in [4.78, 5) is 34.5. The fourth-order valence-corrected chi connectivity index (χ4v) is 7.34. The zero-order valence-electron chi connectivity index (χ0n) is 27.4. The molecule has 1 saturated heterocycles. The third-order valence-corrected chi connectivity index (χ3v) is 9.66. The Morgan fingerprint density at radius 3 is 2.63 bits per heavy atom. The molecule has 2 aromatic carbocycles. The van der Waals surface area contributed by atoms with Gasteiger partial charge in [0.2, 0.25) is 0 Å². The number of pyridine rings is 1. The molecule has 2 aliphatic heterocycles. The van der Waals surface area contributed by atoms with Crippen molar-refractivity contribution in [2.24, 2.45) is 11.3 Å². The lowest BCUT2D eigenvalue weighted by molar-refractivity contribution is -0.148. The van der Waals surface area contributed by atoms with Crippen LogP contribution < -0.4 is 9.64 Å². The molecule has 3 atom stereocenters. The van der Waals surface area contributed by atoms with Gasteiger partial charge in [-0.2, -0.15) is 0 Å². The number of anilines is 1. The van der Waals surface area contributed by atoms with E-state index >= 15 is 0 Å². The maximum atomic E-state index is 12.8. The molecular weight excluding hydrogens is 606 g/mol. The van der Waals surface area contributed by atoms with Crippen LogP contribution in [-0.2, 0) is 38.6 Å². The van der Waals surface area contributed by atoms with E-state index in [1.165, 1.54) is 12.7 Å². The first-order valence-corrected chi connectivity index (χ1v) is 16.1. The van der Waals surface area contributed by atoms with Gasteiger partial charge in [-0.15, -0.1) is 0 Å². The van der Waals surface area contributed by atoms with E-state index < -0.39 is 11.0 Å². The average Bonchev–Trinajstić information content (AvgIpc) is 3.67. The number of halogens is 1. The number of rotatable bonds is 8. The number of esters is 1. The van der Waals surface area contributed by atoms with E-state index in [9.17, 15) is 9.59 Å². The lowest BCUT2D eigenvalue weighted by Crippen LogP contribution is -2.44. The van der Waals surface area contributed by atoms with Gasteiger partial charge in [0.1, 0.15) is 23.8 Å². The molecule has 1 aliphatic carbocycles. The zero-order valence-corrected chi connectivity index (χ0v) is 28.1.